The van der Waals surface area contributed by atoms with E-state index in [0.29, 0.717) is 6.04 Å². The van der Waals surface area contributed by atoms with Crippen molar-refractivity contribution in [2.75, 3.05) is 6.54 Å². The second-order valence-corrected chi connectivity index (χ2v) is 6.68. The van der Waals surface area contributed by atoms with Gasteiger partial charge in [-0.1, -0.05) is 38.0 Å². The summed E-state index contributed by atoms with van der Waals surface area (Å²) in [6.07, 6.45) is 8.21. The molecule has 0 heterocycles. The number of hydrogen-bond donors (Lipinski definition) is 1. The molecule has 3 atom stereocenters. The Morgan fingerprint density at radius 2 is 2.00 bits per heavy atom. The van der Waals surface area contributed by atoms with Crippen molar-refractivity contribution >= 4 is 0 Å². The second-order valence-electron chi connectivity index (χ2n) is 6.68. The van der Waals surface area contributed by atoms with Crippen LogP contribution in [0.5, 0.6) is 0 Å². The van der Waals surface area contributed by atoms with E-state index >= 15 is 0 Å². The molecule has 0 aromatic heterocycles. The highest BCUT2D eigenvalue weighted by Crippen LogP contribution is 2.31. The van der Waals surface area contributed by atoms with Crippen LogP contribution in [0.25, 0.3) is 0 Å². The normalized spacial score (nSPS) is 27.5. The molecular formula is C18H27N. The molecule has 1 saturated carbocycles. The van der Waals surface area contributed by atoms with Crippen LogP contribution < -0.4 is 5.32 Å². The van der Waals surface area contributed by atoms with Gasteiger partial charge in [0.15, 0.2) is 0 Å². The van der Waals surface area contributed by atoms with Gasteiger partial charge in [0, 0.05) is 6.04 Å². The highest BCUT2D eigenvalue weighted by Gasteiger charge is 2.23. The van der Waals surface area contributed by atoms with E-state index in [4.69, 9.17) is 0 Å². The zero-order valence-electron chi connectivity index (χ0n) is 12.4. The first-order valence-corrected chi connectivity index (χ1v) is 8.09. The molecule has 0 aliphatic heterocycles. The first kappa shape index (κ1) is 13.2. The number of benzene rings is 1. The first-order chi connectivity index (χ1) is 9.24. The van der Waals surface area contributed by atoms with E-state index in [2.05, 4.69) is 37.4 Å². The fourth-order valence-electron chi connectivity index (χ4n) is 3.83. The average Bonchev–Trinajstić information content (AvgIpc) is 3.03. The summed E-state index contributed by atoms with van der Waals surface area (Å²) >= 11 is 0. The minimum absolute atomic E-state index is 0.499. The van der Waals surface area contributed by atoms with Crippen LogP contribution in [0.4, 0.5) is 0 Å². The molecule has 2 aliphatic carbocycles. The summed E-state index contributed by atoms with van der Waals surface area (Å²) in [5.41, 5.74) is 4.66. The smallest absolute Gasteiger partial charge is 0.0292 e. The van der Waals surface area contributed by atoms with Crippen molar-refractivity contribution in [1.29, 1.82) is 0 Å². The lowest BCUT2D eigenvalue weighted by atomic mass is 9.97. The summed E-state index contributed by atoms with van der Waals surface area (Å²) in [5.74, 6) is 1.82. The van der Waals surface area contributed by atoms with Crippen LogP contribution in [0, 0.1) is 11.8 Å². The maximum Gasteiger partial charge on any atom is 0.0292 e. The molecule has 0 radical (unpaired) electrons. The van der Waals surface area contributed by atoms with Crippen LogP contribution >= 0.6 is 0 Å². The largest absolute Gasteiger partial charge is 0.310 e. The Hall–Kier alpha value is -0.820. The van der Waals surface area contributed by atoms with Gasteiger partial charge < -0.3 is 5.32 Å². The minimum atomic E-state index is 0.499. The molecule has 3 rings (SSSR count). The third-order valence-electron chi connectivity index (χ3n) is 5.35. The summed E-state index contributed by atoms with van der Waals surface area (Å²) in [4.78, 5) is 0. The fourth-order valence-corrected chi connectivity index (χ4v) is 3.83. The molecule has 0 amide bonds. The van der Waals surface area contributed by atoms with Crippen molar-refractivity contribution in [3.8, 4) is 0 Å². The van der Waals surface area contributed by atoms with Crippen molar-refractivity contribution in [2.45, 2.75) is 58.4 Å². The summed E-state index contributed by atoms with van der Waals surface area (Å²) in [7, 11) is 0. The Labute approximate surface area is 117 Å². The van der Waals surface area contributed by atoms with Gasteiger partial charge >= 0.3 is 0 Å². The summed E-state index contributed by atoms with van der Waals surface area (Å²) in [6.45, 7) is 5.93. The van der Waals surface area contributed by atoms with E-state index in [1.807, 2.05) is 0 Å². The van der Waals surface area contributed by atoms with Gasteiger partial charge in [0.25, 0.3) is 0 Å². The average molecular weight is 257 g/mol. The van der Waals surface area contributed by atoms with E-state index in [-0.39, 0.29) is 0 Å². The van der Waals surface area contributed by atoms with Crippen molar-refractivity contribution in [3.63, 3.8) is 0 Å². The lowest BCUT2D eigenvalue weighted by molar-refractivity contribution is 0.375. The number of hydrogen-bond acceptors (Lipinski definition) is 1. The third kappa shape index (κ3) is 2.86. The number of nitrogens with one attached hydrogen (secondary N) is 1. The monoisotopic (exact) mass is 257 g/mol. The van der Waals surface area contributed by atoms with Gasteiger partial charge in [-0.2, -0.15) is 0 Å². The summed E-state index contributed by atoms with van der Waals surface area (Å²) in [6, 6.07) is 7.63. The predicted molar refractivity (Wildman–Crippen MR) is 81.4 cm³/mol. The fraction of sp³-hybridized carbons (Fsp3) is 0.667. The molecule has 1 aromatic carbocycles. The molecule has 1 fully saturated rings. The highest BCUT2D eigenvalue weighted by atomic mass is 14.9. The molecule has 1 heteroatoms. The van der Waals surface area contributed by atoms with E-state index in [1.54, 1.807) is 11.1 Å². The summed E-state index contributed by atoms with van der Waals surface area (Å²) in [5, 5.41) is 3.76. The van der Waals surface area contributed by atoms with Gasteiger partial charge in [0.05, 0.1) is 0 Å². The van der Waals surface area contributed by atoms with E-state index < -0.39 is 0 Å². The molecule has 19 heavy (non-hydrogen) atoms. The van der Waals surface area contributed by atoms with Gasteiger partial charge in [0.2, 0.25) is 0 Å². The third-order valence-corrected chi connectivity index (χ3v) is 5.35. The van der Waals surface area contributed by atoms with Crippen LogP contribution in [-0.2, 0) is 12.8 Å². The highest BCUT2D eigenvalue weighted by molar-refractivity contribution is 5.36. The van der Waals surface area contributed by atoms with E-state index in [9.17, 15) is 0 Å². The Kier molecular flexibility index (Phi) is 3.93. The summed E-state index contributed by atoms with van der Waals surface area (Å²) < 4.78 is 0. The van der Waals surface area contributed by atoms with Gasteiger partial charge in [-0.3, -0.25) is 0 Å². The van der Waals surface area contributed by atoms with E-state index in [1.165, 1.54) is 50.6 Å². The van der Waals surface area contributed by atoms with Crippen LogP contribution in [0.3, 0.4) is 0 Å². The zero-order valence-corrected chi connectivity index (χ0v) is 12.4. The Balaban J connectivity index is 1.59. The molecule has 0 bridgehead atoms. The van der Waals surface area contributed by atoms with Crippen LogP contribution in [0.15, 0.2) is 18.2 Å². The quantitative estimate of drug-likeness (QED) is 0.849. The van der Waals surface area contributed by atoms with Crippen LogP contribution in [0.1, 0.15) is 62.3 Å². The van der Waals surface area contributed by atoms with Gasteiger partial charge in [-0.05, 0) is 67.7 Å². The van der Waals surface area contributed by atoms with Crippen molar-refractivity contribution < 1.29 is 0 Å². The number of aryl methyl sites for hydroxylation is 2. The Bertz CT molecular complexity index is 437. The maximum atomic E-state index is 3.76. The molecular weight excluding hydrogens is 230 g/mol. The SMILES string of the molecule is CC(NCC1CCCC1C)c1ccc2c(c1)CCC2. The Morgan fingerprint density at radius 3 is 2.79 bits per heavy atom. The van der Waals surface area contributed by atoms with Crippen LogP contribution in [-0.4, -0.2) is 6.54 Å². The minimum Gasteiger partial charge on any atom is -0.310 e. The molecule has 3 unspecified atom stereocenters. The standard InChI is InChI=1S/C18H27N/c1-13-5-3-8-18(13)12-19-14(2)16-10-9-15-6-4-7-17(15)11-16/h9-11,13-14,18-19H,3-8,12H2,1-2H3. The van der Waals surface area contributed by atoms with E-state index in [0.717, 1.165) is 11.8 Å². The predicted octanol–water partition coefficient (Wildman–Crippen LogP) is 4.26. The molecule has 104 valence electrons. The van der Waals surface area contributed by atoms with Gasteiger partial charge in [-0.25, -0.2) is 0 Å². The first-order valence-electron chi connectivity index (χ1n) is 8.09. The molecule has 0 saturated heterocycles. The molecule has 0 spiro atoms. The van der Waals surface area contributed by atoms with Crippen molar-refractivity contribution in [2.24, 2.45) is 11.8 Å². The molecule has 1 N–H and O–H groups in total. The zero-order chi connectivity index (χ0) is 13.2. The topological polar surface area (TPSA) is 12.0 Å². The number of fused-ring (bicyclic) bond motifs is 1. The Morgan fingerprint density at radius 1 is 1.16 bits per heavy atom. The molecule has 2 aliphatic rings. The van der Waals surface area contributed by atoms with Crippen molar-refractivity contribution in [3.05, 3.63) is 34.9 Å². The van der Waals surface area contributed by atoms with Crippen molar-refractivity contribution in [1.82, 2.24) is 5.32 Å². The number of rotatable bonds is 4. The van der Waals surface area contributed by atoms with Gasteiger partial charge in [0.1, 0.15) is 0 Å². The molecule has 1 nitrogen and oxygen atoms in total. The van der Waals surface area contributed by atoms with Gasteiger partial charge in [-0.15, -0.1) is 0 Å². The lowest BCUT2D eigenvalue weighted by Gasteiger charge is -2.21. The lowest BCUT2D eigenvalue weighted by Crippen LogP contribution is -2.27. The molecule has 1 aromatic rings. The van der Waals surface area contributed by atoms with Crippen LogP contribution in [0.2, 0.25) is 0 Å². The second kappa shape index (κ2) is 5.66. The maximum absolute atomic E-state index is 3.76.